The van der Waals surface area contributed by atoms with E-state index in [0.717, 1.165) is 5.06 Å². The smallest absolute Gasteiger partial charge is 0.248 e. The number of carbonyl (C=O) groups is 1. The Labute approximate surface area is 144 Å². The highest BCUT2D eigenvalue weighted by molar-refractivity contribution is 5.77. The van der Waals surface area contributed by atoms with Crippen LogP contribution < -0.4 is 0 Å². The van der Waals surface area contributed by atoms with E-state index in [1.165, 1.54) is 14.2 Å². The Morgan fingerprint density at radius 2 is 1.79 bits per heavy atom. The standard InChI is InChI=1S/C17H33NO6/c1-12(10-14(20)6-5-9-19)16(22)8-7-15(21)11-13(2)17(23)18(3)24-4/h13-16,19-22H,1,5-11H2,2-4H3/t13?,14-,15-,16+/m1/s1. The molecule has 4 N–H and O–H groups in total. The molecule has 0 radical (unpaired) electrons. The van der Waals surface area contributed by atoms with Crippen molar-refractivity contribution in [3.8, 4) is 0 Å². The predicted molar refractivity (Wildman–Crippen MR) is 90.9 cm³/mol. The van der Waals surface area contributed by atoms with Gasteiger partial charge < -0.3 is 20.4 Å². The monoisotopic (exact) mass is 347 g/mol. The van der Waals surface area contributed by atoms with E-state index in [0.29, 0.717) is 31.3 Å². The first-order valence-corrected chi connectivity index (χ1v) is 8.37. The Kier molecular flexibility index (Phi) is 11.9. The van der Waals surface area contributed by atoms with Crippen LogP contribution in [0.2, 0.25) is 0 Å². The lowest BCUT2D eigenvalue weighted by Gasteiger charge is -2.22. The molecule has 0 bridgehead atoms. The second kappa shape index (κ2) is 12.4. The SMILES string of the molecule is C=C(C[C@H](O)CCCO)[C@@H](O)CC[C@@H](O)CC(C)C(=O)N(C)OC. The molecular weight excluding hydrogens is 314 g/mol. The fourth-order valence-electron chi connectivity index (χ4n) is 2.45. The molecule has 0 rings (SSSR count). The first-order valence-electron chi connectivity index (χ1n) is 8.37. The quantitative estimate of drug-likeness (QED) is 0.287. The van der Waals surface area contributed by atoms with Crippen LogP contribution in [0.1, 0.15) is 45.4 Å². The highest BCUT2D eigenvalue weighted by Crippen LogP contribution is 2.19. The van der Waals surface area contributed by atoms with Crippen LogP contribution in [0.5, 0.6) is 0 Å². The number of hydrogen-bond donors (Lipinski definition) is 4. The van der Waals surface area contributed by atoms with E-state index < -0.39 is 18.3 Å². The number of aliphatic hydroxyl groups excluding tert-OH is 4. The van der Waals surface area contributed by atoms with E-state index in [-0.39, 0.29) is 31.3 Å². The molecule has 1 amide bonds. The van der Waals surface area contributed by atoms with E-state index in [1.807, 2.05) is 0 Å². The molecule has 7 heteroatoms. The lowest BCUT2D eigenvalue weighted by Crippen LogP contribution is -2.32. The van der Waals surface area contributed by atoms with Crippen LogP contribution in [0.15, 0.2) is 12.2 Å². The molecule has 4 atom stereocenters. The second-order valence-corrected chi connectivity index (χ2v) is 6.28. The number of amides is 1. The average molecular weight is 347 g/mol. The molecule has 24 heavy (non-hydrogen) atoms. The van der Waals surface area contributed by atoms with Crippen molar-refractivity contribution in [2.24, 2.45) is 5.92 Å². The average Bonchev–Trinajstić information content (AvgIpc) is 2.55. The lowest BCUT2D eigenvalue weighted by molar-refractivity contribution is -0.173. The molecule has 0 heterocycles. The maximum atomic E-state index is 11.8. The Balaban J connectivity index is 4.13. The summed E-state index contributed by atoms with van der Waals surface area (Å²) in [6.45, 7) is 5.51. The molecule has 0 spiro atoms. The molecule has 0 aromatic rings. The van der Waals surface area contributed by atoms with Gasteiger partial charge >= 0.3 is 0 Å². The summed E-state index contributed by atoms with van der Waals surface area (Å²) in [5.41, 5.74) is 0.510. The van der Waals surface area contributed by atoms with Crippen molar-refractivity contribution in [3.05, 3.63) is 12.2 Å². The summed E-state index contributed by atoms with van der Waals surface area (Å²) in [5.74, 6) is -0.598. The molecule has 142 valence electrons. The van der Waals surface area contributed by atoms with Crippen molar-refractivity contribution in [2.45, 2.75) is 63.8 Å². The van der Waals surface area contributed by atoms with Crippen LogP contribution in [0.3, 0.4) is 0 Å². The van der Waals surface area contributed by atoms with Crippen LogP contribution >= 0.6 is 0 Å². The van der Waals surface area contributed by atoms with E-state index in [9.17, 15) is 20.1 Å². The number of carbonyl (C=O) groups excluding carboxylic acids is 1. The van der Waals surface area contributed by atoms with E-state index in [1.54, 1.807) is 6.92 Å². The largest absolute Gasteiger partial charge is 0.396 e. The minimum Gasteiger partial charge on any atom is -0.396 e. The van der Waals surface area contributed by atoms with Crippen molar-refractivity contribution in [1.82, 2.24) is 5.06 Å². The molecule has 0 aliphatic heterocycles. The second-order valence-electron chi connectivity index (χ2n) is 6.28. The Morgan fingerprint density at radius 1 is 1.17 bits per heavy atom. The molecule has 1 unspecified atom stereocenters. The van der Waals surface area contributed by atoms with Gasteiger partial charge in [-0.25, -0.2) is 5.06 Å². The van der Waals surface area contributed by atoms with Gasteiger partial charge in [0.2, 0.25) is 5.91 Å². The summed E-state index contributed by atoms with van der Waals surface area (Å²) >= 11 is 0. The number of hydrogen-bond acceptors (Lipinski definition) is 6. The lowest BCUT2D eigenvalue weighted by atomic mass is 9.94. The van der Waals surface area contributed by atoms with Gasteiger partial charge in [-0.2, -0.15) is 0 Å². The maximum Gasteiger partial charge on any atom is 0.248 e. The third kappa shape index (κ3) is 9.34. The van der Waals surface area contributed by atoms with E-state index in [4.69, 9.17) is 9.94 Å². The van der Waals surface area contributed by atoms with Gasteiger partial charge in [0.05, 0.1) is 25.4 Å². The molecule has 0 aliphatic carbocycles. The number of nitrogens with zero attached hydrogens (tertiary/aromatic N) is 1. The third-order valence-electron chi connectivity index (χ3n) is 4.07. The van der Waals surface area contributed by atoms with Crippen LogP contribution in [-0.4, -0.2) is 70.5 Å². The summed E-state index contributed by atoms with van der Waals surface area (Å²) in [5, 5.41) is 39.7. The minimum absolute atomic E-state index is 0.0213. The zero-order valence-corrected chi connectivity index (χ0v) is 15.0. The van der Waals surface area contributed by atoms with Crippen LogP contribution in [0.4, 0.5) is 0 Å². The molecule has 0 aromatic carbocycles. The molecule has 0 fully saturated rings. The number of hydroxylamine groups is 2. The first-order chi connectivity index (χ1) is 11.2. The van der Waals surface area contributed by atoms with Gasteiger partial charge in [-0.3, -0.25) is 9.63 Å². The van der Waals surface area contributed by atoms with E-state index >= 15 is 0 Å². The van der Waals surface area contributed by atoms with Gasteiger partial charge in [-0.15, -0.1) is 0 Å². The minimum atomic E-state index is -0.809. The summed E-state index contributed by atoms with van der Waals surface area (Å²) in [6, 6.07) is 0. The van der Waals surface area contributed by atoms with Gasteiger partial charge in [0.15, 0.2) is 0 Å². The van der Waals surface area contributed by atoms with Crippen molar-refractivity contribution in [2.75, 3.05) is 20.8 Å². The van der Waals surface area contributed by atoms with E-state index in [2.05, 4.69) is 6.58 Å². The van der Waals surface area contributed by atoms with Gasteiger partial charge in [0.25, 0.3) is 0 Å². The third-order valence-corrected chi connectivity index (χ3v) is 4.07. The molecule has 0 aromatic heterocycles. The summed E-state index contributed by atoms with van der Waals surface area (Å²) in [4.78, 5) is 16.7. The first kappa shape index (κ1) is 23.0. The Bertz CT molecular complexity index is 376. The van der Waals surface area contributed by atoms with Gasteiger partial charge in [-0.1, -0.05) is 13.5 Å². The molecule has 0 aliphatic rings. The summed E-state index contributed by atoms with van der Waals surface area (Å²) < 4.78 is 0. The zero-order chi connectivity index (χ0) is 18.7. The summed E-state index contributed by atoms with van der Waals surface area (Å²) in [7, 11) is 2.92. The molecular formula is C17H33NO6. The topological polar surface area (TPSA) is 110 Å². The highest BCUT2D eigenvalue weighted by atomic mass is 16.7. The van der Waals surface area contributed by atoms with Gasteiger partial charge in [0.1, 0.15) is 0 Å². The molecule has 0 saturated heterocycles. The Morgan fingerprint density at radius 3 is 2.33 bits per heavy atom. The predicted octanol–water partition coefficient (Wildman–Crippen LogP) is 0.614. The van der Waals surface area contributed by atoms with Crippen molar-refractivity contribution >= 4 is 5.91 Å². The zero-order valence-electron chi connectivity index (χ0n) is 15.0. The van der Waals surface area contributed by atoms with Gasteiger partial charge in [0, 0.05) is 19.6 Å². The number of rotatable bonds is 13. The molecule has 0 saturated carbocycles. The fraction of sp³-hybridized carbons (Fsp3) is 0.824. The molecule has 7 nitrogen and oxygen atoms in total. The highest BCUT2D eigenvalue weighted by Gasteiger charge is 2.22. The summed E-state index contributed by atoms with van der Waals surface area (Å²) in [6.07, 6.45) is 0.00578. The van der Waals surface area contributed by atoms with Gasteiger partial charge in [-0.05, 0) is 44.1 Å². The van der Waals surface area contributed by atoms with Crippen molar-refractivity contribution in [3.63, 3.8) is 0 Å². The normalized spacial score (nSPS) is 16.3. The maximum absolute atomic E-state index is 11.8. The van der Waals surface area contributed by atoms with Crippen LogP contribution in [0.25, 0.3) is 0 Å². The fourth-order valence-corrected chi connectivity index (χ4v) is 2.45. The van der Waals surface area contributed by atoms with Crippen molar-refractivity contribution in [1.29, 1.82) is 0 Å². The van der Waals surface area contributed by atoms with Crippen molar-refractivity contribution < 1.29 is 30.1 Å². The van der Waals surface area contributed by atoms with Crippen LogP contribution in [-0.2, 0) is 9.63 Å². The Hall–Kier alpha value is -0.990. The van der Waals surface area contributed by atoms with Crippen LogP contribution in [0, 0.1) is 5.92 Å². The number of aliphatic hydroxyl groups is 4.